The number of nitrogens with zero attached hydrogens (tertiary/aromatic N) is 1. The first-order valence-electron chi connectivity index (χ1n) is 6.70. The molecule has 2 rings (SSSR count). The fourth-order valence-corrected chi connectivity index (χ4v) is 4.70. The van der Waals surface area contributed by atoms with Gasteiger partial charge >= 0.3 is 0 Å². The van der Waals surface area contributed by atoms with Crippen LogP contribution in [0.3, 0.4) is 0 Å². The highest BCUT2D eigenvalue weighted by molar-refractivity contribution is 7.89. The molecule has 0 aliphatic carbocycles. The molecule has 1 atom stereocenters. The van der Waals surface area contributed by atoms with Crippen molar-refractivity contribution in [2.24, 2.45) is 0 Å². The minimum atomic E-state index is -3.38. The van der Waals surface area contributed by atoms with Crippen LogP contribution >= 0.6 is 11.6 Å². The van der Waals surface area contributed by atoms with E-state index >= 15 is 0 Å². The largest absolute Gasteiger partial charge is 0.243 e. The van der Waals surface area contributed by atoms with Crippen molar-refractivity contribution in [3.63, 3.8) is 0 Å². The second kappa shape index (κ2) is 6.25. The Bertz CT molecular complexity index is 528. The predicted molar refractivity (Wildman–Crippen MR) is 78.0 cm³/mol. The van der Waals surface area contributed by atoms with E-state index in [1.807, 2.05) is 13.0 Å². The van der Waals surface area contributed by atoms with E-state index in [-0.39, 0.29) is 6.04 Å². The molecule has 19 heavy (non-hydrogen) atoms. The van der Waals surface area contributed by atoms with Crippen LogP contribution in [0.4, 0.5) is 0 Å². The second-order valence-electron chi connectivity index (χ2n) is 5.06. The highest BCUT2D eigenvalue weighted by Crippen LogP contribution is 2.27. The van der Waals surface area contributed by atoms with E-state index < -0.39 is 10.0 Å². The number of benzene rings is 1. The lowest BCUT2D eigenvalue weighted by Crippen LogP contribution is -2.43. The third kappa shape index (κ3) is 3.30. The molecule has 1 aromatic rings. The summed E-state index contributed by atoms with van der Waals surface area (Å²) < 4.78 is 27.1. The van der Waals surface area contributed by atoms with Crippen molar-refractivity contribution in [2.45, 2.75) is 43.5 Å². The van der Waals surface area contributed by atoms with Crippen LogP contribution in [0.15, 0.2) is 29.2 Å². The van der Waals surface area contributed by atoms with Crippen LogP contribution in [0.5, 0.6) is 0 Å². The van der Waals surface area contributed by atoms with E-state index in [1.54, 1.807) is 22.5 Å². The summed E-state index contributed by atoms with van der Waals surface area (Å²) in [6.07, 6.45) is 3.66. The topological polar surface area (TPSA) is 37.4 Å². The summed E-state index contributed by atoms with van der Waals surface area (Å²) in [5.41, 5.74) is 0.965. The van der Waals surface area contributed by atoms with Gasteiger partial charge in [-0.3, -0.25) is 0 Å². The molecule has 1 aliphatic heterocycles. The summed E-state index contributed by atoms with van der Waals surface area (Å²) in [5, 5.41) is 0. The minimum Gasteiger partial charge on any atom is -0.207 e. The van der Waals surface area contributed by atoms with Gasteiger partial charge in [-0.15, -0.1) is 11.6 Å². The third-order valence-corrected chi connectivity index (χ3v) is 5.78. The molecule has 0 amide bonds. The Kier molecular flexibility index (Phi) is 4.87. The zero-order chi connectivity index (χ0) is 13.9. The van der Waals surface area contributed by atoms with Gasteiger partial charge in [-0.25, -0.2) is 8.42 Å². The quantitative estimate of drug-likeness (QED) is 0.801. The van der Waals surface area contributed by atoms with Crippen LogP contribution in [-0.2, 0) is 10.0 Å². The molecule has 0 radical (unpaired) electrons. The van der Waals surface area contributed by atoms with Crippen molar-refractivity contribution < 1.29 is 8.42 Å². The van der Waals surface area contributed by atoms with E-state index in [0.717, 1.165) is 31.2 Å². The Morgan fingerprint density at radius 2 is 2.16 bits per heavy atom. The zero-order valence-electron chi connectivity index (χ0n) is 11.2. The zero-order valence-corrected chi connectivity index (χ0v) is 12.8. The van der Waals surface area contributed by atoms with Gasteiger partial charge in [0.15, 0.2) is 0 Å². The summed E-state index contributed by atoms with van der Waals surface area (Å²) in [5.74, 6) is 0.504. The molecule has 0 aromatic heterocycles. The Morgan fingerprint density at radius 1 is 1.37 bits per heavy atom. The maximum Gasteiger partial charge on any atom is 0.243 e. The van der Waals surface area contributed by atoms with Crippen molar-refractivity contribution >= 4 is 21.6 Å². The standard InChI is InChI=1S/C14H20ClNO2S/c1-12-5-4-7-14(11-12)19(17,18)16-10-3-2-6-13(16)8-9-15/h4-5,7,11,13H,2-3,6,8-10H2,1H3. The van der Waals surface area contributed by atoms with Crippen LogP contribution in [0.25, 0.3) is 0 Å². The molecule has 0 saturated carbocycles. The van der Waals surface area contributed by atoms with Crippen molar-refractivity contribution in [3.8, 4) is 0 Å². The maximum atomic E-state index is 12.7. The second-order valence-corrected chi connectivity index (χ2v) is 7.33. The van der Waals surface area contributed by atoms with E-state index in [2.05, 4.69) is 0 Å². The van der Waals surface area contributed by atoms with Gasteiger partial charge in [-0.1, -0.05) is 18.6 Å². The van der Waals surface area contributed by atoms with Gasteiger partial charge in [0.25, 0.3) is 0 Å². The lowest BCUT2D eigenvalue weighted by Gasteiger charge is -2.34. The summed E-state index contributed by atoms with van der Waals surface area (Å²) in [7, 11) is -3.38. The summed E-state index contributed by atoms with van der Waals surface area (Å²) >= 11 is 5.80. The number of hydrogen-bond acceptors (Lipinski definition) is 2. The molecule has 5 heteroatoms. The number of hydrogen-bond donors (Lipinski definition) is 0. The lowest BCUT2D eigenvalue weighted by atomic mass is 10.0. The van der Waals surface area contributed by atoms with Crippen LogP contribution in [-0.4, -0.2) is 31.2 Å². The van der Waals surface area contributed by atoms with Gasteiger partial charge in [0.05, 0.1) is 4.90 Å². The van der Waals surface area contributed by atoms with E-state index in [9.17, 15) is 8.42 Å². The van der Waals surface area contributed by atoms with Crippen molar-refractivity contribution in [1.82, 2.24) is 4.31 Å². The number of alkyl halides is 1. The molecule has 1 fully saturated rings. The van der Waals surface area contributed by atoms with Gasteiger partial charge in [-0.05, 0) is 43.9 Å². The summed E-state index contributed by atoms with van der Waals surface area (Å²) in [6, 6.07) is 7.17. The molecule has 0 spiro atoms. The van der Waals surface area contributed by atoms with Crippen LogP contribution in [0.1, 0.15) is 31.2 Å². The van der Waals surface area contributed by atoms with E-state index in [1.165, 1.54) is 0 Å². The fourth-order valence-electron chi connectivity index (χ4n) is 2.62. The first-order valence-corrected chi connectivity index (χ1v) is 8.67. The molecule has 1 aliphatic rings. The average molecular weight is 302 g/mol. The fraction of sp³-hybridized carbons (Fsp3) is 0.571. The van der Waals surface area contributed by atoms with Gasteiger partial charge in [0.2, 0.25) is 10.0 Å². The molecule has 106 valence electrons. The SMILES string of the molecule is Cc1cccc(S(=O)(=O)N2CCCCC2CCCl)c1. The number of rotatable bonds is 4. The number of piperidine rings is 1. The smallest absolute Gasteiger partial charge is 0.207 e. The molecule has 3 nitrogen and oxygen atoms in total. The van der Waals surface area contributed by atoms with Crippen LogP contribution in [0, 0.1) is 6.92 Å². The Labute approximate surface area is 120 Å². The first-order chi connectivity index (χ1) is 9.05. The molecule has 0 N–H and O–H groups in total. The van der Waals surface area contributed by atoms with Crippen molar-refractivity contribution in [2.75, 3.05) is 12.4 Å². The number of halogens is 1. The highest BCUT2D eigenvalue weighted by Gasteiger charge is 2.32. The summed E-state index contributed by atoms with van der Waals surface area (Å²) in [6.45, 7) is 2.52. The first kappa shape index (κ1) is 14.8. The normalized spacial score (nSPS) is 21.5. The van der Waals surface area contributed by atoms with Gasteiger partial charge in [0.1, 0.15) is 0 Å². The van der Waals surface area contributed by atoms with Gasteiger partial charge in [-0.2, -0.15) is 4.31 Å². The molecule has 1 heterocycles. The van der Waals surface area contributed by atoms with E-state index in [4.69, 9.17) is 11.6 Å². The molecule has 1 aromatic carbocycles. The van der Waals surface area contributed by atoms with Crippen molar-refractivity contribution in [1.29, 1.82) is 0 Å². The molecular weight excluding hydrogens is 282 g/mol. The summed E-state index contributed by atoms with van der Waals surface area (Å²) in [4.78, 5) is 0.397. The molecule has 1 saturated heterocycles. The Balaban J connectivity index is 2.31. The lowest BCUT2D eigenvalue weighted by molar-refractivity contribution is 0.247. The number of sulfonamides is 1. The molecule has 0 bridgehead atoms. The predicted octanol–water partition coefficient (Wildman–Crippen LogP) is 3.17. The Morgan fingerprint density at radius 3 is 2.84 bits per heavy atom. The van der Waals surface area contributed by atoms with Crippen LogP contribution in [0.2, 0.25) is 0 Å². The average Bonchev–Trinajstić information content (AvgIpc) is 2.39. The van der Waals surface area contributed by atoms with Gasteiger partial charge < -0.3 is 0 Å². The molecule has 1 unspecified atom stereocenters. The number of aryl methyl sites for hydroxylation is 1. The highest BCUT2D eigenvalue weighted by atomic mass is 35.5. The maximum absolute atomic E-state index is 12.7. The minimum absolute atomic E-state index is 0.0526. The van der Waals surface area contributed by atoms with Crippen molar-refractivity contribution in [3.05, 3.63) is 29.8 Å². The molecular formula is C14H20ClNO2S. The van der Waals surface area contributed by atoms with E-state index in [0.29, 0.717) is 17.3 Å². The third-order valence-electron chi connectivity index (χ3n) is 3.61. The Hall–Kier alpha value is -0.580. The van der Waals surface area contributed by atoms with Crippen LogP contribution < -0.4 is 0 Å². The monoisotopic (exact) mass is 301 g/mol. The van der Waals surface area contributed by atoms with Gasteiger partial charge in [0, 0.05) is 18.5 Å².